The minimum atomic E-state index is -1.59. The third kappa shape index (κ3) is 3.62. The van der Waals surface area contributed by atoms with Crippen LogP contribution in [0.2, 0.25) is 0 Å². The van der Waals surface area contributed by atoms with Crippen molar-refractivity contribution in [3.05, 3.63) is 51.5 Å². The highest BCUT2D eigenvalue weighted by molar-refractivity contribution is 7.14. The van der Waals surface area contributed by atoms with E-state index in [-0.39, 0.29) is 17.2 Å². The first-order valence-electron chi connectivity index (χ1n) is 5.66. The second kappa shape index (κ2) is 6.43. The molecule has 1 aromatic heterocycles. The Balaban J connectivity index is 2.16. The van der Waals surface area contributed by atoms with Crippen LogP contribution < -0.4 is 5.32 Å². The quantitative estimate of drug-likeness (QED) is 0.662. The van der Waals surface area contributed by atoms with Gasteiger partial charge in [-0.3, -0.25) is 4.79 Å². The van der Waals surface area contributed by atoms with Crippen molar-refractivity contribution < 1.29 is 23.1 Å². The van der Waals surface area contributed by atoms with Gasteiger partial charge in [-0.2, -0.15) is 0 Å². The number of carbonyl (C=O) groups is 1. The van der Waals surface area contributed by atoms with Gasteiger partial charge in [0.05, 0.1) is 9.75 Å². The summed E-state index contributed by atoms with van der Waals surface area (Å²) < 4.78 is 38.9. The maximum Gasteiger partial charge on any atom is 0.265 e. The number of hydrogen-bond acceptors (Lipinski definition) is 3. The van der Waals surface area contributed by atoms with Gasteiger partial charge in [0, 0.05) is 17.8 Å². The summed E-state index contributed by atoms with van der Waals surface area (Å²) in [4.78, 5) is 12.7. The van der Waals surface area contributed by atoms with Crippen molar-refractivity contribution in [2.45, 2.75) is 0 Å². The van der Waals surface area contributed by atoms with Crippen molar-refractivity contribution in [1.82, 2.24) is 0 Å². The minimum Gasteiger partial charge on any atom is -0.384 e. The van der Waals surface area contributed by atoms with Crippen LogP contribution in [0.25, 0.3) is 0 Å². The first kappa shape index (κ1) is 15.1. The van der Waals surface area contributed by atoms with Crippen LogP contribution in [-0.2, 0) is 0 Å². The van der Waals surface area contributed by atoms with Gasteiger partial charge < -0.3 is 10.4 Å². The van der Waals surface area contributed by atoms with Gasteiger partial charge in [-0.05, 0) is 12.1 Å². The lowest BCUT2D eigenvalue weighted by atomic mass is 10.2. The summed E-state index contributed by atoms with van der Waals surface area (Å²) in [6, 6.07) is 4.44. The molecule has 0 bridgehead atoms. The number of carbonyl (C=O) groups excluding carboxylic acids is 1. The van der Waals surface area contributed by atoms with Crippen molar-refractivity contribution in [3.63, 3.8) is 0 Å². The summed E-state index contributed by atoms with van der Waals surface area (Å²) in [6.07, 6.45) is 0. The molecular weight excluding hydrogens is 303 g/mol. The number of amides is 1. The molecule has 1 amide bonds. The predicted molar refractivity (Wildman–Crippen MR) is 72.6 cm³/mol. The van der Waals surface area contributed by atoms with Crippen molar-refractivity contribution in [1.29, 1.82) is 0 Å². The Hall–Kier alpha value is -2.30. The molecule has 0 atom stereocenters. The average molecular weight is 311 g/mol. The van der Waals surface area contributed by atoms with Gasteiger partial charge in [-0.25, -0.2) is 13.2 Å². The normalized spacial score (nSPS) is 9.90. The number of benzene rings is 1. The summed E-state index contributed by atoms with van der Waals surface area (Å²) >= 11 is 1.05. The van der Waals surface area contributed by atoms with Gasteiger partial charge in [0.25, 0.3) is 5.91 Å². The minimum absolute atomic E-state index is 0.187. The zero-order valence-electron chi connectivity index (χ0n) is 10.4. The highest BCUT2D eigenvalue weighted by Crippen LogP contribution is 2.20. The van der Waals surface area contributed by atoms with Crippen LogP contribution in [0.4, 0.5) is 18.9 Å². The van der Waals surface area contributed by atoms with Gasteiger partial charge in [-0.1, -0.05) is 11.8 Å². The monoisotopic (exact) mass is 311 g/mol. The van der Waals surface area contributed by atoms with Crippen LogP contribution >= 0.6 is 11.3 Å². The van der Waals surface area contributed by atoms with E-state index in [1.165, 1.54) is 6.07 Å². The van der Waals surface area contributed by atoms with E-state index < -0.39 is 23.4 Å². The molecule has 0 aliphatic heterocycles. The fraction of sp³-hybridized carbons (Fsp3) is 0.0714. The smallest absolute Gasteiger partial charge is 0.265 e. The first-order valence-corrected chi connectivity index (χ1v) is 6.48. The SMILES string of the molecule is O=C(Nc1cc(F)c(F)c(F)c1)c1ccc(C#CCO)s1. The van der Waals surface area contributed by atoms with Crippen LogP contribution in [0.1, 0.15) is 14.5 Å². The summed E-state index contributed by atoms with van der Waals surface area (Å²) in [6.45, 7) is -0.298. The van der Waals surface area contributed by atoms with Crippen molar-refractivity contribution in [2.75, 3.05) is 11.9 Å². The lowest BCUT2D eigenvalue weighted by molar-refractivity contribution is 0.103. The number of thiophene rings is 1. The molecule has 0 aliphatic carbocycles. The molecule has 0 saturated carbocycles. The largest absolute Gasteiger partial charge is 0.384 e. The zero-order chi connectivity index (χ0) is 15.4. The maximum atomic E-state index is 13.0. The standard InChI is InChI=1S/C14H8F3NO2S/c15-10-6-8(7-11(16)13(10)17)18-14(20)12-4-3-9(21-12)2-1-5-19/h3-4,6-7,19H,5H2,(H,18,20). The van der Waals surface area contributed by atoms with Gasteiger partial charge in [-0.15, -0.1) is 11.3 Å². The molecule has 1 heterocycles. The van der Waals surface area contributed by atoms with E-state index in [1.807, 2.05) is 0 Å². The van der Waals surface area contributed by atoms with Gasteiger partial charge in [0.1, 0.15) is 6.61 Å². The number of aliphatic hydroxyl groups excluding tert-OH is 1. The molecule has 0 aliphatic rings. The van der Waals surface area contributed by atoms with Crippen LogP contribution in [0.5, 0.6) is 0 Å². The molecule has 2 N–H and O–H groups in total. The molecule has 1 aromatic carbocycles. The Labute approximate surface area is 122 Å². The van der Waals surface area contributed by atoms with Crippen molar-refractivity contribution in [2.24, 2.45) is 0 Å². The molecule has 0 spiro atoms. The molecular formula is C14H8F3NO2S. The second-order valence-electron chi connectivity index (χ2n) is 3.83. The van der Waals surface area contributed by atoms with Gasteiger partial charge in [0.15, 0.2) is 17.5 Å². The molecule has 0 saturated heterocycles. The first-order chi connectivity index (χ1) is 10.0. The lowest BCUT2D eigenvalue weighted by Gasteiger charge is -2.04. The third-order valence-electron chi connectivity index (χ3n) is 2.36. The molecule has 0 unspecified atom stereocenters. The molecule has 7 heteroatoms. The summed E-state index contributed by atoms with van der Waals surface area (Å²) in [7, 11) is 0. The van der Waals surface area contributed by atoms with E-state index in [0.717, 1.165) is 11.3 Å². The highest BCUT2D eigenvalue weighted by atomic mass is 32.1. The second-order valence-corrected chi connectivity index (χ2v) is 4.92. The predicted octanol–water partition coefficient (Wildman–Crippen LogP) is 2.76. The third-order valence-corrected chi connectivity index (χ3v) is 3.36. The summed E-state index contributed by atoms with van der Waals surface area (Å²) in [5.41, 5.74) is -0.187. The van der Waals surface area contributed by atoms with E-state index in [2.05, 4.69) is 17.2 Å². The van der Waals surface area contributed by atoms with E-state index >= 15 is 0 Å². The number of anilines is 1. The molecule has 0 radical (unpaired) electrons. The van der Waals surface area contributed by atoms with E-state index in [4.69, 9.17) is 5.11 Å². The number of nitrogens with one attached hydrogen (secondary N) is 1. The van der Waals surface area contributed by atoms with E-state index in [1.54, 1.807) is 6.07 Å². The van der Waals surface area contributed by atoms with E-state index in [0.29, 0.717) is 17.0 Å². The van der Waals surface area contributed by atoms with Gasteiger partial charge in [0.2, 0.25) is 0 Å². The molecule has 0 fully saturated rings. The fourth-order valence-corrected chi connectivity index (χ4v) is 2.25. The number of aliphatic hydroxyl groups is 1. The Morgan fingerprint density at radius 2 is 1.90 bits per heavy atom. The number of rotatable bonds is 2. The summed E-state index contributed by atoms with van der Waals surface area (Å²) in [5.74, 6) is 0.106. The van der Waals surface area contributed by atoms with Crippen molar-refractivity contribution >= 4 is 22.9 Å². The number of halogens is 3. The van der Waals surface area contributed by atoms with E-state index in [9.17, 15) is 18.0 Å². The van der Waals surface area contributed by atoms with Crippen LogP contribution in [-0.4, -0.2) is 17.6 Å². The fourth-order valence-electron chi connectivity index (χ4n) is 1.47. The Morgan fingerprint density at radius 1 is 1.24 bits per heavy atom. The molecule has 2 aromatic rings. The topological polar surface area (TPSA) is 49.3 Å². The van der Waals surface area contributed by atoms with Crippen LogP contribution in [0.15, 0.2) is 24.3 Å². The lowest BCUT2D eigenvalue weighted by Crippen LogP contribution is -2.11. The Morgan fingerprint density at radius 3 is 2.52 bits per heavy atom. The molecule has 108 valence electrons. The van der Waals surface area contributed by atoms with Crippen LogP contribution in [0.3, 0.4) is 0 Å². The Bertz CT molecular complexity index is 723. The zero-order valence-corrected chi connectivity index (χ0v) is 11.2. The maximum absolute atomic E-state index is 13.0. The Kier molecular flexibility index (Phi) is 4.62. The number of hydrogen-bond donors (Lipinski definition) is 2. The molecule has 2 rings (SSSR count). The van der Waals surface area contributed by atoms with Crippen LogP contribution in [0, 0.1) is 29.3 Å². The molecule has 21 heavy (non-hydrogen) atoms. The highest BCUT2D eigenvalue weighted by Gasteiger charge is 2.14. The molecule has 3 nitrogen and oxygen atoms in total. The van der Waals surface area contributed by atoms with Gasteiger partial charge >= 0.3 is 0 Å². The summed E-state index contributed by atoms with van der Waals surface area (Å²) in [5, 5.41) is 10.8. The van der Waals surface area contributed by atoms with Crippen molar-refractivity contribution in [3.8, 4) is 11.8 Å². The average Bonchev–Trinajstić information content (AvgIpc) is 2.91.